The number of fused-ring (bicyclic) bond motifs is 4. The van der Waals surface area contributed by atoms with Crippen molar-refractivity contribution in [3.63, 3.8) is 0 Å². The number of benzene rings is 1. The Balaban J connectivity index is 1.19. The zero-order valence-corrected chi connectivity index (χ0v) is 19.9. The van der Waals surface area contributed by atoms with Crippen molar-refractivity contribution in [3.8, 4) is 0 Å². The zero-order chi connectivity index (χ0) is 21.2. The van der Waals surface area contributed by atoms with Gasteiger partial charge in [0.25, 0.3) is 0 Å². The molecule has 1 heterocycles. The van der Waals surface area contributed by atoms with Crippen LogP contribution in [0.5, 0.6) is 0 Å². The lowest BCUT2D eigenvalue weighted by atomic mass is 9.47. The van der Waals surface area contributed by atoms with E-state index in [4.69, 9.17) is 4.74 Å². The first-order valence-electron chi connectivity index (χ1n) is 13.1. The van der Waals surface area contributed by atoms with Crippen molar-refractivity contribution in [2.75, 3.05) is 13.6 Å². The van der Waals surface area contributed by atoms with Crippen molar-refractivity contribution in [2.24, 2.45) is 34.5 Å². The van der Waals surface area contributed by atoms with E-state index in [0.717, 1.165) is 36.3 Å². The minimum Gasteiger partial charge on any atom is -0.373 e. The molecular weight excluding hydrogens is 378 g/mol. The lowest BCUT2D eigenvalue weighted by Gasteiger charge is -2.58. The highest BCUT2D eigenvalue weighted by Gasteiger charge is 2.63. The summed E-state index contributed by atoms with van der Waals surface area (Å²) < 4.78 is 6.40. The van der Waals surface area contributed by atoms with Crippen LogP contribution in [0.4, 0.5) is 0 Å². The highest BCUT2D eigenvalue weighted by atomic mass is 16.5. The molecular formula is C29H41NO. The van der Waals surface area contributed by atoms with E-state index in [-0.39, 0.29) is 0 Å². The molecule has 1 spiro atoms. The van der Waals surface area contributed by atoms with Gasteiger partial charge in [0.15, 0.2) is 0 Å². The molecule has 5 aliphatic rings. The van der Waals surface area contributed by atoms with Gasteiger partial charge in [-0.2, -0.15) is 0 Å². The van der Waals surface area contributed by atoms with Crippen LogP contribution in [0.3, 0.4) is 0 Å². The van der Waals surface area contributed by atoms with Crippen molar-refractivity contribution >= 4 is 0 Å². The van der Waals surface area contributed by atoms with E-state index in [9.17, 15) is 0 Å². The molecule has 6 rings (SSSR count). The average Bonchev–Trinajstić information content (AvgIpc) is 3.27. The van der Waals surface area contributed by atoms with Gasteiger partial charge in [0.05, 0.1) is 12.7 Å². The van der Waals surface area contributed by atoms with Gasteiger partial charge in [-0.15, -0.1) is 0 Å². The van der Waals surface area contributed by atoms with E-state index >= 15 is 0 Å². The van der Waals surface area contributed by atoms with Gasteiger partial charge in [-0.3, -0.25) is 0 Å². The second-order valence-electron chi connectivity index (χ2n) is 12.0. The Morgan fingerprint density at radius 3 is 2.65 bits per heavy atom. The Bertz CT molecular complexity index is 848. The number of ether oxygens (including phenoxy) is 1. The topological polar surface area (TPSA) is 12.5 Å². The third kappa shape index (κ3) is 3.04. The number of nitrogens with zero attached hydrogens (tertiary/aromatic N) is 1. The van der Waals surface area contributed by atoms with E-state index in [1.54, 1.807) is 5.57 Å². The molecule has 0 radical (unpaired) electrons. The first-order chi connectivity index (χ1) is 15.0. The number of hydrogen-bond acceptors (Lipinski definition) is 2. The van der Waals surface area contributed by atoms with E-state index < -0.39 is 0 Å². The second-order valence-corrected chi connectivity index (χ2v) is 12.0. The molecule has 2 heteroatoms. The monoisotopic (exact) mass is 419 g/mol. The fourth-order valence-electron chi connectivity index (χ4n) is 9.36. The minimum atomic E-state index is 0.409. The predicted octanol–water partition coefficient (Wildman–Crippen LogP) is 6.46. The summed E-state index contributed by atoms with van der Waals surface area (Å²) in [5, 5.41) is 0. The van der Waals surface area contributed by atoms with E-state index in [1.165, 1.54) is 63.5 Å². The maximum absolute atomic E-state index is 6.40. The standard InChI is InChI=1S/C29H41NO/c1-20-25-11-12-27-24-10-9-22-17-23(31-18-21-7-5-4-6-8-21)13-15-28(22,2)26(24)14-16-29(25,27)19-30(20)3/h4-9,20,23-27H,10-19H2,1-3H3/t20-,23-,24+,25+,26?,27?,28-,29-/m0/s1. The van der Waals surface area contributed by atoms with Crippen LogP contribution in [0.15, 0.2) is 42.0 Å². The summed E-state index contributed by atoms with van der Waals surface area (Å²) in [5.74, 6) is 3.79. The molecule has 1 aliphatic heterocycles. The summed E-state index contributed by atoms with van der Waals surface area (Å²) in [7, 11) is 2.39. The van der Waals surface area contributed by atoms with Crippen LogP contribution in [0, 0.1) is 34.5 Å². The quantitative estimate of drug-likeness (QED) is 0.521. The fraction of sp³-hybridized carbons (Fsp3) is 0.724. The number of allylic oxidation sites excluding steroid dienone is 1. The van der Waals surface area contributed by atoms with Gasteiger partial charge in [0, 0.05) is 12.6 Å². The summed E-state index contributed by atoms with van der Waals surface area (Å²) in [5.41, 5.74) is 4.14. The van der Waals surface area contributed by atoms with Gasteiger partial charge in [0.1, 0.15) is 0 Å². The lowest BCUT2D eigenvalue weighted by molar-refractivity contribution is -0.0584. The van der Waals surface area contributed by atoms with Gasteiger partial charge < -0.3 is 9.64 Å². The van der Waals surface area contributed by atoms with Crippen molar-refractivity contribution in [1.29, 1.82) is 0 Å². The molecule has 168 valence electrons. The molecule has 0 bridgehead atoms. The Labute approximate surface area is 189 Å². The van der Waals surface area contributed by atoms with Crippen LogP contribution in [-0.4, -0.2) is 30.6 Å². The predicted molar refractivity (Wildman–Crippen MR) is 127 cm³/mol. The number of rotatable bonds is 3. The molecule has 0 aromatic heterocycles. The van der Waals surface area contributed by atoms with Gasteiger partial charge in [-0.1, -0.05) is 48.9 Å². The van der Waals surface area contributed by atoms with Gasteiger partial charge >= 0.3 is 0 Å². The van der Waals surface area contributed by atoms with Gasteiger partial charge in [-0.25, -0.2) is 0 Å². The molecule has 1 aromatic carbocycles. The van der Waals surface area contributed by atoms with Crippen LogP contribution in [-0.2, 0) is 11.3 Å². The Hall–Kier alpha value is -1.12. The van der Waals surface area contributed by atoms with Crippen molar-refractivity contribution in [3.05, 3.63) is 47.5 Å². The Morgan fingerprint density at radius 2 is 1.81 bits per heavy atom. The van der Waals surface area contributed by atoms with Crippen LogP contribution in [0.25, 0.3) is 0 Å². The van der Waals surface area contributed by atoms with Crippen molar-refractivity contribution in [1.82, 2.24) is 4.90 Å². The smallest absolute Gasteiger partial charge is 0.0720 e. The maximum Gasteiger partial charge on any atom is 0.0720 e. The largest absolute Gasteiger partial charge is 0.373 e. The highest BCUT2D eigenvalue weighted by Crippen LogP contribution is 2.68. The van der Waals surface area contributed by atoms with E-state index in [0.29, 0.717) is 16.9 Å². The number of hydrogen-bond donors (Lipinski definition) is 0. The maximum atomic E-state index is 6.40. The molecule has 0 amide bonds. The molecule has 1 saturated heterocycles. The summed E-state index contributed by atoms with van der Waals surface area (Å²) in [4.78, 5) is 2.69. The molecule has 0 N–H and O–H groups in total. The van der Waals surface area contributed by atoms with Crippen LogP contribution in [0.1, 0.15) is 70.8 Å². The van der Waals surface area contributed by atoms with Crippen LogP contribution < -0.4 is 0 Å². The summed E-state index contributed by atoms with van der Waals surface area (Å²) >= 11 is 0. The molecule has 1 aromatic rings. The van der Waals surface area contributed by atoms with Crippen molar-refractivity contribution in [2.45, 2.75) is 84.0 Å². The number of likely N-dealkylation sites (tertiary alicyclic amines) is 1. The normalized spacial score (nSPS) is 46.6. The summed E-state index contributed by atoms with van der Waals surface area (Å²) in [6.45, 7) is 7.27. The molecule has 4 aliphatic carbocycles. The van der Waals surface area contributed by atoms with Gasteiger partial charge in [0.2, 0.25) is 0 Å². The van der Waals surface area contributed by atoms with Crippen LogP contribution in [0.2, 0.25) is 0 Å². The lowest BCUT2D eigenvalue weighted by Crippen LogP contribution is -2.51. The average molecular weight is 420 g/mol. The zero-order valence-electron chi connectivity index (χ0n) is 19.9. The minimum absolute atomic E-state index is 0.409. The first kappa shape index (κ1) is 20.5. The summed E-state index contributed by atoms with van der Waals surface area (Å²) in [6.07, 6.45) is 14.2. The Kier molecular flexibility index (Phi) is 4.93. The molecule has 3 saturated carbocycles. The van der Waals surface area contributed by atoms with Gasteiger partial charge in [-0.05, 0) is 105 Å². The molecule has 2 nitrogen and oxygen atoms in total. The Morgan fingerprint density at radius 1 is 1.00 bits per heavy atom. The van der Waals surface area contributed by atoms with E-state index in [2.05, 4.69) is 62.2 Å². The SMILES string of the molecule is C[C@H]1[C@H]2CCC3[C@@H]4CC=C5C[C@@H](OCc6ccccc6)CC[C@]5(C)C4CC[C@@]32CN1C. The fourth-order valence-corrected chi connectivity index (χ4v) is 9.36. The van der Waals surface area contributed by atoms with Crippen molar-refractivity contribution < 1.29 is 4.74 Å². The molecule has 8 atom stereocenters. The van der Waals surface area contributed by atoms with Crippen LogP contribution >= 0.6 is 0 Å². The third-order valence-electron chi connectivity index (χ3n) is 11.0. The highest BCUT2D eigenvalue weighted by molar-refractivity contribution is 5.26. The van der Waals surface area contributed by atoms with E-state index in [1.807, 2.05) is 0 Å². The summed E-state index contributed by atoms with van der Waals surface area (Å²) in [6, 6.07) is 11.5. The second kappa shape index (κ2) is 7.45. The first-order valence-corrected chi connectivity index (χ1v) is 13.1. The third-order valence-corrected chi connectivity index (χ3v) is 11.0. The molecule has 2 unspecified atom stereocenters. The molecule has 4 fully saturated rings. The molecule has 31 heavy (non-hydrogen) atoms.